The molecule has 25 heavy (non-hydrogen) atoms. The van der Waals surface area contributed by atoms with Gasteiger partial charge in [0, 0.05) is 4.90 Å². The zero-order valence-corrected chi connectivity index (χ0v) is 15.6. The smallest absolute Gasteiger partial charge is 0.277 e. The summed E-state index contributed by atoms with van der Waals surface area (Å²) in [5.41, 5.74) is 1.55. The molecule has 1 unspecified atom stereocenters. The Morgan fingerprint density at radius 3 is 2.76 bits per heavy atom. The summed E-state index contributed by atoms with van der Waals surface area (Å²) < 4.78 is 10.9. The van der Waals surface area contributed by atoms with Crippen LogP contribution < -0.4 is 5.32 Å². The monoisotopic (exact) mass is 375 g/mol. The number of rotatable bonds is 6. The first-order valence-electron chi connectivity index (χ1n) is 7.57. The van der Waals surface area contributed by atoms with E-state index in [4.69, 9.17) is 8.83 Å². The van der Waals surface area contributed by atoms with Crippen LogP contribution in [0.15, 0.2) is 55.5 Å². The van der Waals surface area contributed by atoms with E-state index in [-0.39, 0.29) is 11.2 Å². The summed E-state index contributed by atoms with van der Waals surface area (Å²) in [5.74, 6) is 0.972. The minimum atomic E-state index is -0.381. The Kier molecular flexibility index (Phi) is 5.50. The van der Waals surface area contributed by atoms with Crippen molar-refractivity contribution in [3.63, 3.8) is 0 Å². The number of amides is 1. The second-order valence-corrected chi connectivity index (χ2v) is 7.35. The highest BCUT2D eigenvalue weighted by molar-refractivity contribution is 8.00. The molecule has 0 fully saturated rings. The molecular formula is C17H17N3O3S2. The van der Waals surface area contributed by atoms with E-state index < -0.39 is 0 Å². The van der Waals surface area contributed by atoms with Crippen molar-refractivity contribution < 1.29 is 13.6 Å². The Balaban J connectivity index is 1.66. The molecule has 0 aliphatic carbocycles. The minimum absolute atomic E-state index is 0.120. The molecule has 1 N–H and O–H groups in total. The lowest BCUT2D eigenvalue weighted by Gasteiger charge is -2.12. The normalized spacial score (nSPS) is 12.1. The highest BCUT2D eigenvalue weighted by Gasteiger charge is 2.20. The van der Waals surface area contributed by atoms with E-state index in [1.54, 1.807) is 31.0 Å². The fourth-order valence-electron chi connectivity index (χ4n) is 2.16. The van der Waals surface area contributed by atoms with Crippen molar-refractivity contribution in [1.29, 1.82) is 0 Å². The van der Waals surface area contributed by atoms with Crippen LogP contribution in [-0.4, -0.2) is 27.6 Å². The summed E-state index contributed by atoms with van der Waals surface area (Å²) in [5, 5.41) is 10.9. The van der Waals surface area contributed by atoms with Crippen molar-refractivity contribution in [1.82, 2.24) is 10.2 Å². The van der Waals surface area contributed by atoms with Crippen LogP contribution in [0.25, 0.3) is 11.5 Å². The van der Waals surface area contributed by atoms with Gasteiger partial charge in [0.2, 0.25) is 5.91 Å². The summed E-state index contributed by atoms with van der Waals surface area (Å²) >= 11 is 2.80. The highest BCUT2D eigenvalue weighted by atomic mass is 32.2. The molecule has 0 aliphatic heterocycles. The topological polar surface area (TPSA) is 81.2 Å². The predicted molar refractivity (Wildman–Crippen MR) is 98.9 cm³/mol. The Morgan fingerprint density at radius 1 is 1.24 bits per heavy atom. The van der Waals surface area contributed by atoms with Gasteiger partial charge in [-0.3, -0.25) is 4.79 Å². The Bertz CT molecular complexity index is 875. The number of hydrogen-bond acceptors (Lipinski definition) is 7. The van der Waals surface area contributed by atoms with Gasteiger partial charge in [0.15, 0.2) is 0 Å². The average Bonchev–Trinajstić information content (AvgIpc) is 3.23. The quantitative estimate of drug-likeness (QED) is 0.636. The van der Waals surface area contributed by atoms with E-state index in [2.05, 4.69) is 15.5 Å². The second-order valence-electron chi connectivity index (χ2n) is 5.21. The first-order chi connectivity index (χ1) is 12.1. The number of aryl methyl sites for hydroxylation is 1. The van der Waals surface area contributed by atoms with Crippen LogP contribution in [0.5, 0.6) is 0 Å². The first-order valence-corrected chi connectivity index (χ1v) is 9.67. The van der Waals surface area contributed by atoms with Gasteiger partial charge in [0.05, 0.1) is 22.8 Å². The summed E-state index contributed by atoms with van der Waals surface area (Å²) in [6.07, 6.45) is 3.54. The number of nitrogens with zero attached hydrogens (tertiary/aromatic N) is 2. The number of benzene rings is 1. The number of hydrogen-bond donors (Lipinski definition) is 1. The standard InChI is InChI=1S/C17H17N3O3S2/c1-10-12(8-9-22-10)16-19-20-17(23-16)25-11(2)15(21)18-13-6-4-5-7-14(13)24-3/h4-9,11H,1-3H3,(H,18,21). The molecule has 0 aliphatic rings. The zero-order chi connectivity index (χ0) is 17.8. The molecular weight excluding hydrogens is 358 g/mol. The van der Waals surface area contributed by atoms with Gasteiger partial charge in [-0.1, -0.05) is 23.9 Å². The van der Waals surface area contributed by atoms with E-state index in [9.17, 15) is 4.79 Å². The van der Waals surface area contributed by atoms with Gasteiger partial charge in [-0.2, -0.15) is 0 Å². The molecule has 2 heterocycles. The van der Waals surface area contributed by atoms with Crippen molar-refractivity contribution in [3.05, 3.63) is 42.4 Å². The van der Waals surface area contributed by atoms with Gasteiger partial charge in [0.25, 0.3) is 11.1 Å². The van der Waals surface area contributed by atoms with Gasteiger partial charge in [-0.25, -0.2) is 0 Å². The van der Waals surface area contributed by atoms with Gasteiger partial charge in [0.1, 0.15) is 5.76 Å². The van der Waals surface area contributed by atoms with E-state index in [1.807, 2.05) is 37.4 Å². The largest absolute Gasteiger partial charge is 0.469 e. The molecule has 6 nitrogen and oxygen atoms in total. The molecule has 2 aromatic heterocycles. The lowest BCUT2D eigenvalue weighted by atomic mass is 10.3. The Morgan fingerprint density at radius 2 is 2.04 bits per heavy atom. The molecule has 0 radical (unpaired) electrons. The molecule has 1 amide bonds. The van der Waals surface area contributed by atoms with Crippen molar-refractivity contribution in [2.45, 2.75) is 29.2 Å². The number of furan rings is 1. The zero-order valence-electron chi connectivity index (χ0n) is 14.0. The first kappa shape index (κ1) is 17.6. The van der Waals surface area contributed by atoms with Crippen LogP contribution in [0.2, 0.25) is 0 Å². The van der Waals surface area contributed by atoms with Crippen LogP contribution in [0.1, 0.15) is 12.7 Å². The number of anilines is 1. The number of aromatic nitrogens is 2. The molecule has 1 atom stereocenters. The maximum Gasteiger partial charge on any atom is 0.277 e. The molecule has 0 saturated heterocycles. The molecule has 0 saturated carbocycles. The average molecular weight is 375 g/mol. The van der Waals surface area contributed by atoms with Crippen LogP contribution in [0.4, 0.5) is 5.69 Å². The Hall–Kier alpha value is -2.19. The summed E-state index contributed by atoms with van der Waals surface area (Å²) in [4.78, 5) is 13.4. The minimum Gasteiger partial charge on any atom is -0.469 e. The fourth-order valence-corrected chi connectivity index (χ4v) is 3.40. The lowest BCUT2D eigenvalue weighted by molar-refractivity contribution is -0.115. The molecule has 1 aromatic carbocycles. The summed E-state index contributed by atoms with van der Waals surface area (Å²) in [6, 6.07) is 9.46. The van der Waals surface area contributed by atoms with Crippen molar-refractivity contribution in [3.8, 4) is 11.5 Å². The third-order valence-corrected chi connectivity index (χ3v) is 5.24. The van der Waals surface area contributed by atoms with Crippen LogP contribution in [-0.2, 0) is 4.79 Å². The number of thioether (sulfide) groups is 2. The van der Waals surface area contributed by atoms with Crippen LogP contribution >= 0.6 is 23.5 Å². The third kappa shape index (κ3) is 4.08. The second kappa shape index (κ2) is 7.79. The van der Waals surface area contributed by atoms with E-state index in [0.29, 0.717) is 16.9 Å². The number of para-hydroxylation sites is 1. The molecule has 0 bridgehead atoms. The number of carbonyl (C=O) groups excluding carboxylic acids is 1. The molecule has 130 valence electrons. The molecule has 0 spiro atoms. The van der Waals surface area contributed by atoms with Gasteiger partial charge >= 0.3 is 0 Å². The fraction of sp³-hybridized carbons (Fsp3) is 0.235. The maximum absolute atomic E-state index is 12.4. The van der Waals surface area contributed by atoms with Gasteiger partial charge in [-0.05, 0) is 38.3 Å². The highest BCUT2D eigenvalue weighted by Crippen LogP contribution is 2.30. The summed E-state index contributed by atoms with van der Waals surface area (Å²) in [7, 11) is 0. The SMILES string of the molecule is CSc1ccccc1NC(=O)C(C)Sc1nnc(-c2ccoc2C)o1. The molecule has 3 aromatic rings. The van der Waals surface area contributed by atoms with E-state index in [0.717, 1.165) is 16.1 Å². The number of carbonyl (C=O) groups is 1. The van der Waals surface area contributed by atoms with Gasteiger partial charge in [-0.15, -0.1) is 22.0 Å². The Labute approximate surface area is 153 Å². The number of nitrogens with one attached hydrogen (secondary N) is 1. The van der Waals surface area contributed by atoms with E-state index >= 15 is 0 Å². The van der Waals surface area contributed by atoms with Crippen molar-refractivity contribution in [2.24, 2.45) is 0 Å². The van der Waals surface area contributed by atoms with Crippen molar-refractivity contribution >= 4 is 35.1 Å². The van der Waals surface area contributed by atoms with Gasteiger partial charge < -0.3 is 14.2 Å². The third-order valence-electron chi connectivity index (χ3n) is 3.51. The summed E-state index contributed by atoms with van der Waals surface area (Å²) in [6.45, 7) is 3.63. The molecule has 3 rings (SSSR count). The predicted octanol–water partition coefficient (Wildman–Crippen LogP) is 4.48. The van der Waals surface area contributed by atoms with Crippen LogP contribution in [0, 0.1) is 6.92 Å². The maximum atomic E-state index is 12.4. The molecule has 8 heteroatoms. The van der Waals surface area contributed by atoms with E-state index in [1.165, 1.54) is 11.8 Å². The van der Waals surface area contributed by atoms with Crippen molar-refractivity contribution in [2.75, 3.05) is 11.6 Å². The van der Waals surface area contributed by atoms with Crippen LogP contribution in [0.3, 0.4) is 0 Å². The lowest BCUT2D eigenvalue weighted by Crippen LogP contribution is -2.22.